The van der Waals surface area contributed by atoms with Crippen LogP contribution >= 0.6 is 0 Å². The lowest BCUT2D eigenvalue weighted by molar-refractivity contribution is -0.140. The van der Waals surface area contributed by atoms with Crippen LogP contribution in [0.4, 0.5) is 0 Å². The Morgan fingerprint density at radius 3 is 1.61 bits per heavy atom. The first-order valence-electron chi connectivity index (χ1n) is 8.61. The van der Waals surface area contributed by atoms with Gasteiger partial charge in [-0.05, 0) is 6.42 Å². The number of carbonyl (C=O) groups excluding carboxylic acids is 1. The molecule has 0 heterocycles. The first-order valence-corrected chi connectivity index (χ1v) is 8.61. The molecule has 0 amide bonds. The van der Waals surface area contributed by atoms with Gasteiger partial charge in [-0.2, -0.15) is 0 Å². The molecule has 138 valence electrons. The quantitative estimate of drug-likeness (QED) is 0.286. The normalized spacial score (nSPS) is 10.3. The Kier molecular flexibility index (Phi) is 20.1. The number of aliphatic hydroxyl groups excluding tert-OH is 3. The number of hydrogen-bond donors (Lipinski definition) is 4. The number of hydrogen-bond acceptors (Lipinski definition) is 5. The van der Waals surface area contributed by atoms with Crippen molar-refractivity contribution in [3.8, 4) is 0 Å². The Morgan fingerprint density at radius 1 is 0.826 bits per heavy atom. The number of unbranched alkanes of at least 4 members (excludes halogenated alkanes) is 8. The molecular weight excluding hydrogens is 300 g/mol. The van der Waals surface area contributed by atoms with Crippen LogP contribution in [0.25, 0.3) is 0 Å². The summed E-state index contributed by atoms with van der Waals surface area (Å²) in [6.07, 6.45) is 10.1. The summed E-state index contributed by atoms with van der Waals surface area (Å²) in [5.41, 5.74) is 0. The zero-order chi connectivity index (χ0) is 17.9. The third kappa shape index (κ3) is 23.4. The Bertz CT molecular complexity index is 276. The van der Waals surface area contributed by atoms with Crippen molar-refractivity contribution in [3.05, 3.63) is 0 Å². The molecule has 0 saturated heterocycles. The molecule has 0 aromatic rings. The summed E-state index contributed by atoms with van der Waals surface area (Å²) in [5, 5.41) is 32.4. The first-order chi connectivity index (χ1) is 11.0. The molecule has 0 aliphatic carbocycles. The maximum Gasteiger partial charge on any atom is 0.310 e. The van der Waals surface area contributed by atoms with E-state index < -0.39 is 12.1 Å². The van der Waals surface area contributed by atoms with Crippen molar-refractivity contribution in [3.63, 3.8) is 0 Å². The van der Waals surface area contributed by atoms with E-state index in [-0.39, 0.29) is 25.4 Å². The SMILES string of the molecule is CCCCCCCCCCCC(=O)CC(=O)O.OCC(O)CO. The van der Waals surface area contributed by atoms with Crippen LogP contribution in [-0.2, 0) is 9.59 Å². The summed E-state index contributed by atoms with van der Waals surface area (Å²) >= 11 is 0. The molecule has 0 radical (unpaired) electrons. The van der Waals surface area contributed by atoms with Crippen molar-refractivity contribution < 1.29 is 30.0 Å². The van der Waals surface area contributed by atoms with E-state index in [1.165, 1.54) is 44.9 Å². The molecule has 0 rings (SSSR count). The van der Waals surface area contributed by atoms with Gasteiger partial charge >= 0.3 is 5.97 Å². The van der Waals surface area contributed by atoms with Gasteiger partial charge in [0.2, 0.25) is 0 Å². The second-order valence-corrected chi connectivity index (χ2v) is 5.71. The van der Waals surface area contributed by atoms with E-state index in [4.69, 9.17) is 20.4 Å². The Balaban J connectivity index is 0. The lowest BCUT2D eigenvalue weighted by Crippen LogP contribution is -2.15. The first kappa shape index (κ1) is 24.3. The van der Waals surface area contributed by atoms with Gasteiger partial charge in [-0.1, -0.05) is 58.3 Å². The van der Waals surface area contributed by atoms with E-state index in [1.54, 1.807) is 0 Å². The lowest BCUT2D eigenvalue weighted by Gasteiger charge is -2.01. The minimum Gasteiger partial charge on any atom is -0.481 e. The fourth-order valence-electron chi connectivity index (χ4n) is 1.95. The zero-order valence-corrected chi connectivity index (χ0v) is 14.4. The molecule has 0 saturated carbocycles. The molecule has 0 unspecified atom stereocenters. The molecule has 4 N–H and O–H groups in total. The average molecular weight is 334 g/mol. The van der Waals surface area contributed by atoms with Crippen LogP contribution in [0.2, 0.25) is 0 Å². The number of Topliss-reactive ketones (excluding diaryl/α,β-unsaturated/α-hetero) is 1. The number of carboxylic acids is 1. The predicted molar refractivity (Wildman–Crippen MR) is 89.3 cm³/mol. The van der Waals surface area contributed by atoms with Crippen LogP contribution < -0.4 is 0 Å². The molecule has 0 fully saturated rings. The van der Waals surface area contributed by atoms with Gasteiger partial charge in [0.05, 0.1) is 13.2 Å². The van der Waals surface area contributed by atoms with Crippen LogP contribution in [0.5, 0.6) is 0 Å². The maximum atomic E-state index is 11.1. The number of ketones is 1. The number of carboxylic acid groups (broad SMARTS) is 1. The average Bonchev–Trinajstić information content (AvgIpc) is 2.52. The van der Waals surface area contributed by atoms with Gasteiger partial charge in [0.1, 0.15) is 18.3 Å². The third-order valence-electron chi connectivity index (χ3n) is 3.33. The Hall–Kier alpha value is -0.980. The topological polar surface area (TPSA) is 115 Å². The van der Waals surface area contributed by atoms with Crippen LogP contribution in [0.15, 0.2) is 0 Å². The predicted octanol–water partition coefficient (Wildman–Crippen LogP) is 2.28. The van der Waals surface area contributed by atoms with Crippen molar-refractivity contribution in [1.82, 2.24) is 0 Å². The van der Waals surface area contributed by atoms with Gasteiger partial charge in [-0.3, -0.25) is 9.59 Å². The highest BCUT2D eigenvalue weighted by molar-refractivity contribution is 5.94. The summed E-state index contributed by atoms with van der Waals surface area (Å²) in [6.45, 7) is 1.49. The third-order valence-corrected chi connectivity index (χ3v) is 3.33. The molecule has 0 aromatic carbocycles. The fraction of sp³-hybridized carbons (Fsp3) is 0.882. The van der Waals surface area contributed by atoms with Crippen molar-refractivity contribution in [2.45, 2.75) is 83.7 Å². The van der Waals surface area contributed by atoms with Crippen molar-refractivity contribution in [2.75, 3.05) is 13.2 Å². The van der Waals surface area contributed by atoms with Crippen molar-refractivity contribution in [2.24, 2.45) is 0 Å². The number of aliphatic hydroxyl groups is 3. The standard InChI is InChI=1S/C14H26O3.C3H8O3/c1-2-3-4-5-6-7-8-9-10-11-13(15)12-14(16)17;4-1-3(6)2-5/h2-12H2,1H3,(H,16,17);3-6H,1-2H2. The highest BCUT2D eigenvalue weighted by Crippen LogP contribution is 2.10. The summed E-state index contributed by atoms with van der Waals surface area (Å²) in [7, 11) is 0. The monoisotopic (exact) mass is 334 g/mol. The zero-order valence-electron chi connectivity index (χ0n) is 14.4. The van der Waals surface area contributed by atoms with Crippen molar-refractivity contribution >= 4 is 11.8 Å². The molecule has 6 heteroatoms. The number of aliphatic carboxylic acids is 1. The van der Waals surface area contributed by atoms with Crippen LogP contribution in [-0.4, -0.2) is 51.5 Å². The van der Waals surface area contributed by atoms with Gasteiger partial charge in [0.25, 0.3) is 0 Å². The number of carbonyl (C=O) groups is 2. The van der Waals surface area contributed by atoms with E-state index >= 15 is 0 Å². The second kappa shape index (κ2) is 19.1. The van der Waals surface area contributed by atoms with E-state index in [2.05, 4.69) is 6.92 Å². The second-order valence-electron chi connectivity index (χ2n) is 5.71. The minimum atomic E-state index is -1.01. The largest absolute Gasteiger partial charge is 0.481 e. The lowest BCUT2D eigenvalue weighted by atomic mass is 10.0. The van der Waals surface area contributed by atoms with E-state index in [9.17, 15) is 9.59 Å². The maximum absolute atomic E-state index is 11.1. The van der Waals surface area contributed by atoms with Gasteiger partial charge in [0, 0.05) is 6.42 Å². The van der Waals surface area contributed by atoms with Gasteiger partial charge in [0.15, 0.2) is 0 Å². The fourth-order valence-corrected chi connectivity index (χ4v) is 1.95. The summed E-state index contributed by atoms with van der Waals surface area (Å²) in [6, 6.07) is 0. The summed E-state index contributed by atoms with van der Waals surface area (Å²) in [4.78, 5) is 21.3. The molecular formula is C17H34O6. The molecule has 0 aliphatic rings. The van der Waals surface area contributed by atoms with Crippen molar-refractivity contribution in [1.29, 1.82) is 0 Å². The van der Waals surface area contributed by atoms with Crippen LogP contribution in [0.3, 0.4) is 0 Å². The van der Waals surface area contributed by atoms with E-state index in [0.717, 1.165) is 12.8 Å². The van der Waals surface area contributed by atoms with Gasteiger partial charge < -0.3 is 20.4 Å². The number of rotatable bonds is 14. The smallest absolute Gasteiger partial charge is 0.310 e. The van der Waals surface area contributed by atoms with Gasteiger partial charge in [-0.15, -0.1) is 0 Å². The molecule has 6 nitrogen and oxygen atoms in total. The summed E-state index contributed by atoms with van der Waals surface area (Å²) in [5.74, 6) is -1.15. The van der Waals surface area contributed by atoms with E-state index in [1.807, 2.05) is 0 Å². The molecule has 0 aliphatic heterocycles. The van der Waals surface area contributed by atoms with Gasteiger partial charge in [-0.25, -0.2) is 0 Å². The molecule has 0 atom stereocenters. The van der Waals surface area contributed by atoms with Crippen LogP contribution in [0, 0.1) is 0 Å². The molecule has 23 heavy (non-hydrogen) atoms. The Morgan fingerprint density at radius 2 is 1.26 bits per heavy atom. The highest BCUT2D eigenvalue weighted by Gasteiger charge is 2.06. The minimum absolute atomic E-state index is 0.138. The molecule has 0 aromatic heterocycles. The molecule has 0 bridgehead atoms. The molecule has 0 spiro atoms. The summed E-state index contributed by atoms with van der Waals surface area (Å²) < 4.78 is 0. The Labute approximate surface area is 139 Å². The van der Waals surface area contributed by atoms with E-state index in [0.29, 0.717) is 6.42 Å². The highest BCUT2D eigenvalue weighted by atomic mass is 16.4. The van der Waals surface area contributed by atoms with Crippen LogP contribution in [0.1, 0.15) is 77.6 Å².